The monoisotopic (exact) mass is 297 g/mol. The summed E-state index contributed by atoms with van der Waals surface area (Å²) in [5, 5.41) is 6.46. The second-order valence-corrected chi connectivity index (χ2v) is 6.95. The Kier molecular flexibility index (Phi) is 5.08. The molecule has 2 rings (SSSR count). The highest BCUT2D eigenvalue weighted by molar-refractivity contribution is 5.78. The molecule has 2 N–H and O–H groups in total. The van der Waals surface area contributed by atoms with Gasteiger partial charge >= 0.3 is 6.09 Å². The number of carbonyl (C=O) groups excluding carboxylic acids is 2. The molecule has 0 bridgehead atoms. The van der Waals surface area contributed by atoms with Gasteiger partial charge in [0, 0.05) is 38.1 Å². The maximum Gasteiger partial charge on any atom is 0.410 e. The number of piperidine rings is 1. The van der Waals surface area contributed by atoms with E-state index in [0.717, 1.165) is 38.9 Å². The molecule has 21 heavy (non-hydrogen) atoms. The summed E-state index contributed by atoms with van der Waals surface area (Å²) in [5.74, 6) is 0.154. The van der Waals surface area contributed by atoms with Gasteiger partial charge in [0.2, 0.25) is 5.91 Å². The van der Waals surface area contributed by atoms with Crippen LogP contribution in [0.5, 0.6) is 0 Å². The summed E-state index contributed by atoms with van der Waals surface area (Å²) in [6.45, 7) is 7.93. The molecule has 1 unspecified atom stereocenters. The molecule has 2 fully saturated rings. The lowest BCUT2D eigenvalue weighted by molar-refractivity contribution is -0.119. The van der Waals surface area contributed by atoms with Crippen LogP contribution in [0.2, 0.25) is 0 Å². The molecule has 120 valence electrons. The smallest absolute Gasteiger partial charge is 0.410 e. The first-order valence-electron chi connectivity index (χ1n) is 7.84. The molecule has 2 saturated heterocycles. The molecule has 0 aromatic rings. The van der Waals surface area contributed by atoms with Gasteiger partial charge in [0.25, 0.3) is 0 Å². The zero-order valence-electron chi connectivity index (χ0n) is 13.3. The van der Waals surface area contributed by atoms with Crippen LogP contribution in [0.4, 0.5) is 4.79 Å². The molecular weight excluding hydrogens is 270 g/mol. The minimum atomic E-state index is -0.438. The number of hydrogen-bond acceptors (Lipinski definition) is 4. The molecule has 2 aliphatic rings. The Morgan fingerprint density at radius 1 is 1.33 bits per heavy atom. The zero-order valence-corrected chi connectivity index (χ0v) is 13.3. The lowest BCUT2D eigenvalue weighted by atomic mass is 10.0. The van der Waals surface area contributed by atoms with Gasteiger partial charge in [0.1, 0.15) is 5.60 Å². The molecule has 1 atom stereocenters. The van der Waals surface area contributed by atoms with Crippen molar-refractivity contribution < 1.29 is 14.3 Å². The number of amides is 2. The van der Waals surface area contributed by atoms with Crippen molar-refractivity contribution in [2.24, 2.45) is 0 Å². The Labute approximate surface area is 126 Å². The van der Waals surface area contributed by atoms with Crippen molar-refractivity contribution in [1.29, 1.82) is 0 Å². The van der Waals surface area contributed by atoms with E-state index in [2.05, 4.69) is 10.6 Å². The normalized spacial score (nSPS) is 24.0. The van der Waals surface area contributed by atoms with Crippen molar-refractivity contribution in [3.8, 4) is 0 Å². The molecule has 0 radical (unpaired) electrons. The number of nitrogens with zero attached hydrogens (tertiary/aromatic N) is 1. The average molecular weight is 297 g/mol. The van der Waals surface area contributed by atoms with Gasteiger partial charge < -0.3 is 20.3 Å². The van der Waals surface area contributed by atoms with Crippen LogP contribution < -0.4 is 10.6 Å². The minimum Gasteiger partial charge on any atom is -0.444 e. The molecule has 0 aliphatic carbocycles. The number of likely N-dealkylation sites (tertiary alicyclic amines) is 1. The van der Waals surface area contributed by atoms with E-state index in [1.54, 1.807) is 4.90 Å². The highest BCUT2D eigenvalue weighted by Crippen LogP contribution is 2.16. The molecule has 6 nitrogen and oxygen atoms in total. The van der Waals surface area contributed by atoms with Crippen LogP contribution in [0.3, 0.4) is 0 Å². The zero-order chi connectivity index (χ0) is 15.5. The topological polar surface area (TPSA) is 70.7 Å². The summed E-state index contributed by atoms with van der Waals surface area (Å²) in [6.07, 6.45) is 3.20. The molecule has 2 heterocycles. The van der Waals surface area contributed by atoms with Crippen molar-refractivity contribution in [3.63, 3.8) is 0 Å². The van der Waals surface area contributed by atoms with E-state index in [1.165, 1.54) is 0 Å². The predicted molar refractivity (Wildman–Crippen MR) is 80.0 cm³/mol. The van der Waals surface area contributed by atoms with Crippen LogP contribution in [-0.2, 0) is 9.53 Å². The van der Waals surface area contributed by atoms with Gasteiger partial charge in [0.15, 0.2) is 0 Å². The molecule has 6 heteroatoms. The Hall–Kier alpha value is -1.30. The SMILES string of the molecule is CC(C)(C)OC(=O)N1CCC(NCC2CCC(=O)N2)CC1. The van der Waals surface area contributed by atoms with E-state index >= 15 is 0 Å². The van der Waals surface area contributed by atoms with Crippen molar-refractivity contribution >= 4 is 12.0 Å². The van der Waals surface area contributed by atoms with Crippen LogP contribution in [-0.4, -0.2) is 54.2 Å². The minimum absolute atomic E-state index is 0.154. The van der Waals surface area contributed by atoms with E-state index < -0.39 is 5.60 Å². The van der Waals surface area contributed by atoms with Gasteiger partial charge in [0.05, 0.1) is 0 Å². The fraction of sp³-hybridized carbons (Fsp3) is 0.867. The van der Waals surface area contributed by atoms with Gasteiger partial charge in [-0.3, -0.25) is 4.79 Å². The highest BCUT2D eigenvalue weighted by atomic mass is 16.6. The van der Waals surface area contributed by atoms with Crippen molar-refractivity contribution in [2.75, 3.05) is 19.6 Å². The largest absolute Gasteiger partial charge is 0.444 e. The third kappa shape index (κ3) is 5.19. The molecule has 2 aliphatic heterocycles. The molecule has 0 aromatic carbocycles. The number of hydrogen-bond donors (Lipinski definition) is 2. The van der Waals surface area contributed by atoms with Crippen LogP contribution >= 0.6 is 0 Å². The summed E-state index contributed by atoms with van der Waals surface area (Å²) in [7, 11) is 0. The third-order valence-corrected chi connectivity index (χ3v) is 3.88. The van der Waals surface area contributed by atoms with Crippen LogP contribution in [0.15, 0.2) is 0 Å². The lowest BCUT2D eigenvalue weighted by Crippen LogP contribution is -2.48. The highest BCUT2D eigenvalue weighted by Gasteiger charge is 2.27. The first kappa shape index (κ1) is 16.1. The summed E-state index contributed by atoms with van der Waals surface area (Å²) < 4.78 is 5.38. The first-order chi connectivity index (χ1) is 9.83. The second kappa shape index (κ2) is 6.64. The van der Waals surface area contributed by atoms with Crippen molar-refractivity contribution in [3.05, 3.63) is 0 Å². The first-order valence-corrected chi connectivity index (χ1v) is 7.84. The van der Waals surface area contributed by atoms with Crippen LogP contribution in [0.1, 0.15) is 46.5 Å². The molecule has 0 aromatic heterocycles. The van der Waals surface area contributed by atoms with Crippen LogP contribution in [0.25, 0.3) is 0 Å². The lowest BCUT2D eigenvalue weighted by Gasteiger charge is -2.34. The fourth-order valence-electron chi connectivity index (χ4n) is 2.73. The van der Waals surface area contributed by atoms with Crippen molar-refractivity contribution in [1.82, 2.24) is 15.5 Å². The fourth-order valence-corrected chi connectivity index (χ4v) is 2.73. The van der Waals surface area contributed by atoms with E-state index in [4.69, 9.17) is 4.74 Å². The quantitative estimate of drug-likeness (QED) is 0.822. The maximum atomic E-state index is 12.0. The van der Waals surface area contributed by atoms with Crippen molar-refractivity contribution in [2.45, 2.75) is 64.1 Å². The van der Waals surface area contributed by atoms with E-state index in [9.17, 15) is 9.59 Å². The predicted octanol–water partition coefficient (Wildman–Crippen LogP) is 1.25. The summed E-state index contributed by atoms with van der Waals surface area (Å²) in [4.78, 5) is 24.9. The Bertz CT molecular complexity index is 384. The average Bonchev–Trinajstić information content (AvgIpc) is 2.81. The van der Waals surface area contributed by atoms with E-state index in [-0.39, 0.29) is 18.0 Å². The molecule has 0 spiro atoms. The molecule has 0 saturated carbocycles. The van der Waals surface area contributed by atoms with Gasteiger partial charge in [-0.2, -0.15) is 0 Å². The number of ether oxygens (including phenoxy) is 1. The number of nitrogens with one attached hydrogen (secondary N) is 2. The standard InChI is InChI=1S/C15H27N3O3/c1-15(2,3)21-14(20)18-8-6-11(7-9-18)16-10-12-4-5-13(19)17-12/h11-12,16H,4-10H2,1-3H3,(H,17,19). The molecule has 2 amide bonds. The Morgan fingerprint density at radius 2 is 2.00 bits per heavy atom. The number of carbonyl (C=O) groups is 2. The molecular formula is C15H27N3O3. The van der Waals surface area contributed by atoms with Gasteiger partial charge in [-0.05, 0) is 40.0 Å². The Balaban J connectivity index is 1.66. The second-order valence-electron chi connectivity index (χ2n) is 6.95. The summed E-state index contributed by atoms with van der Waals surface area (Å²) in [6, 6.07) is 0.683. The third-order valence-electron chi connectivity index (χ3n) is 3.88. The summed E-state index contributed by atoms with van der Waals surface area (Å²) in [5.41, 5.74) is -0.438. The van der Waals surface area contributed by atoms with Crippen LogP contribution in [0, 0.1) is 0 Å². The number of rotatable bonds is 3. The van der Waals surface area contributed by atoms with Gasteiger partial charge in [-0.15, -0.1) is 0 Å². The van der Waals surface area contributed by atoms with Gasteiger partial charge in [-0.25, -0.2) is 4.79 Å². The van der Waals surface area contributed by atoms with E-state index in [0.29, 0.717) is 12.5 Å². The maximum absolute atomic E-state index is 12.0. The van der Waals surface area contributed by atoms with Gasteiger partial charge in [-0.1, -0.05) is 0 Å². The van der Waals surface area contributed by atoms with E-state index in [1.807, 2.05) is 20.8 Å². The Morgan fingerprint density at radius 3 is 2.52 bits per heavy atom. The summed E-state index contributed by atoms with van der Waals surface area (Å²) >= 11 is 0.